The summed E-state index contributed by atoms with van der Waals surface area (Å²) in [6.45, 7) is 4.86. The van der Waals surface area contributed by atoms with Crippen LogP contribution in [0.4, 0.5) is 11.4 Å². The number of Topliss-reactive ketones (excluding diaryl/α,β-unsaturated/α-hetero) is 1. The largest absolute Gasteiger partial charge is 0.497 e. The van der Waals surface area contributed by atoms with E-state index in [-0.39, 0.29) is 17.2 Å². The Balaban J connectivity index is 1.55. The summed E-state index contributed by atoms with van der Waals surface area (Å²) < 4.78 is 5.43. The summed E-state index contributed by atoms with van der Waals surface area (Å²) in [6.07, 6.45) is 1.34. The van der Waals surface area contributed by atoms with Crippen LogP contribution in [0.1, 0.15) is 44.1 Å². The van der Waals surface area contributed by atoms with Gasteiger partial charge in [0.1, 0.15) is 11.6 Å². The molecule has 0 saturated carbocycles. The zero-order valence-electron chi connectivity index (χ0n) is 20.8. The van der Waals surface area contributed by atoms with Crippen molar-refractivity contribution in [2.24, 2.45) is 5.41 Å². The number of nitrogens with one attached hydrogen (secondary N) is 2. The number of H-pyrrole nitrogens is 1. The van der Waals surface area contributed by atoms with Crippen LogP contribution in [0.2, 0.25) is 0 Å². The van der Waals surface area contributed by atoms with Crippen LogP contribution in [-0.2, 0) is 11.3 Å². The topological polar surface area (TPSA) is 70.2 Å². The maximum absolute atomic E-state index is 13.8. The molecular weight excluding hydrogens is 448 g/mol. The summed E-state index contributed by atoms with van der Waals surface area (Å²) >= 11 is 0. The lowest BCUT2D eigenvalue weighted by atomic mass is 9.73. The van der Waals surface area contributed by atoms with Gasteiger partial charge in [-0.3, -0.25) is 4.79 Å². The quantitative estimate of drug-likeness (QED) is 0.356. The minimum Gasteiger partial charge on any atom is -0.497 e. The Kier molecular flexibility index (Phi) is 5.32. The van der Waals surface area contributed by atoms with Crippen molar-refractivity contribution in [1.82, 2.24) is 9.97 Å². The number of para-hydroxylation sites is 4. The summed E-state index contributed by atoms with van der Waals surface area (Å²) in [5, 5.41) is 3.67. The van der Waals surface area contributed by atoms with Crippen molar-refractivity contribution in [3.05, 3.63) is 95.5 Å². The minimum atomic E-state index is -0.265. The van der Waals surface area contributed by atoms with Gasteiger partial charge >= 0.3 is 0 Å². The van der Waals surface area contributed by atoms with Gasteiger partial charge in [-0.15, -0.1) is 0 Å². The Morgan fingerprint density at radius 1 is 1.00 bits per heavy atom. The van der Waals surface area contributed by atoms with Gasteiger partial charge in [0, 0.05) is 17.7 Å². The molecule has 6 rings (SSSR count). The van der Waals surface area contributed by atoms with Gasteiger partial charge in [0.05, 0.1) is 42.1 Å². The van der Waals surface area contributed by atoms with Crippen molar-refractivity contribution in [2.45, 2.75) is 39.3 Å². The molecule has 1 aliphatic heterocycles. The van der Waals surface area contributed by atoms with E-state index in [0.29, 0.717) is 13.0 Å². The maximum atomic E-state index is 13.8. The normalized spacial score (nSPS) is 18.9. The number of nitrogens with zero attached hydrogens (tertiary/aromatic N) is 2. The molecule has 0 unspecified atom stereocenters. The number of aromatic nitrogens is 2. The van der Waals surface area contributed by atoms with Crippen LogP contribution in [0.3, 0.4) is 0 Å². The second-order valence-electron chi connectivity index (χ2n) is 10.5. The maximum Gasteiger partial charge on any atom is 0.163 e. The third kappa shape index (κ3) is 3.92. The molecule has 0 spiro atoms. The highest BCUT2D eigenvalue weighted by Gasteiger charge is 2.41. The van der Waals surface area contributed by atoms with Gasteiger partial charge in [-0.2, -0.15) is 0 Å². The number of methoxy groups -OCH3 is 1. The van der Waals surface area contributed by atoms with Gasteiger partial charge in [0.2, 0.25) is 0 Å². The van der Waals surface area contributed by atoms with Gasteiger partial charge in [-0.05, 0) is 53.8 Å². The van der Waals surface area contributed by atoms with E-state index in [2.05, 4.69) is 53.3 Å². The third-order valence-corrected chi connectivity index (χ3v) is 7.19. The summed E-state index contributed by atoms with van der Waals surface area (Å²) in [6, 6.07) is 24.2. The zero-order valence-corrected chi connectivity index (χ0v) is 20.8. The van der Waals surface area contributed by atoms with Crippen LogP contribution < -0.4 is 15.0 Å². The first-order valence-electron chi connectivity index (χ1n) is 12.4. The molecule has 0 amide bonds. The molecule has 6 heteroatoms. The number of ketones is 1. The number of rotatable bonds is 4. The number of benzene rings is 3. The predicted molar refractivity (Wildman–Crippen MR) is 143 cm³/mol. The monoisotopic (exact) mass is 478 g/mol. The molecule has 6 nitrogen and oxygen atoms in total. The molecule has 0 radical (unpaired) electrons. The molecule has 1 atom stereocenters. The molecule has 3 aromatic carbocycles. The standard InChI is InChI=1S/C30H30N4O2/c1-30(2)16-24-28(26(35)17-30)29(19-12-14-20(36-3)15-13-19)34(25-11-7-6-10-23(25)31-24)18-27-32-21-8-4-5-9-22(21)33-27/h4-15,29,31H,16-18H2,1-3H3,(H,32,33)/t29-/m1/s1. The van der Waals surface area contributed by atoms with Gasteiger partial charge in [0.15, 0.2) is 5.78 Å². The van der Waals surface area contributed by atoms with E-state index >= 15 is 0 Å². The van der Waals surface area contributed by atoms with Crippen LogP contribution >= 0.6 is 0 Å². The molecule has 36 heavy (non-hydrogen) atoms. The van der Waals surface area contributed by atoms with Crippen molar-refractivity contribution in [1.29, 1.82) is 0 Å². The Labute approximate surface area is 211 Å². The minimum absolute atomic E-state index is 0.101. The third-order valence-electron chi connectivity index (χ3n) is 7.19. The zero-order chi connectivity index (χ0) is 24.9. The highest BCUT2D eigenvalue weighted by molar-refractivity contribution is 6.01. The predicted octanol–water partition coefficient (Wildman–Crippen LogP) is 6.39. The molecule has 1 aliphatic carbocycles. The number of imidazole rings is 1. The number of allylic oxidation sites excluding steroid dienone is 1. The van der Waals surface area contributed by atoms with Crippen LogP contribution in [0.25, 0.3) is 11.0 Å². The number of carbonyl (C=O) groups is 1. The number of carbonyl (C=O) groups excluding carboxylic acids is 1. The van der Waals surface area contributed by atoms with Crippen molar-refractivity contribution >= 4 is 28.2 Å². The fraction of sp³-hybridized carbons (Fsp3) is 0.267. The number of ether oxygens (including phenoxy) is 1. The van der Waals surface area contributed by atoms with Crippen LogP contribution in [0.15, 0.2) is 84.1 Å². The number of hydrogen-bond acceptors (Lipinski definition) is 5. The van der Waals surface area contributed by atoms with Crippen molar-refractivity contribution < 1.29 is 9.53 Å². The molecule has 0 saturated heterocycles. The highest BCUT2D eigenvalue weighted by Crippen LogP contribution is 2.48. The van der Waals surface area contributed by atoms with Gasteiger partial charge in [-0.25, -0.2) is 4.98 Å². The average molecular weight is 479 g/mol. The molecule has 2 N–H and O–H groups in total. The average Bonchev–Trinajstić information content (AvgIpc) is 3.22. The van der Waals surface area contributed by atoms with Crippen molar-refractivity contribution in [2.75, 3.05) is 17.3 Å². The van der Waals surface area contributed by atoms with E-state index in [4.69, 9.17) is 9.72 Å². The molecule has 4 aromatic rings. The number of aromatic amines is 1. The Hall–Kier alpha value is -4.06. The molecular formula is C30H30N4O2. The number of hydrogen-bond donors (Lipinski definition) is 2. The van der Waals surface area contributed by atoms with E-state index in [0.717, 1.165) is 57.2 Å². The lowest BCUT2D eigenvalue weighted by Crippen LogP contribution is -2.36. The summed E-state index contributed by atoms with van der Waals surface area (Å²) in [5.41, 5.74) is 6.78. The van der Waals surface area contributed by atoms with E-state index in [9.17, 15) is 4.79 Å². The SMILES string of the molecule is COc1ccc([C@@H]2C3=C(CC(C)(C)CC3=O)Nc3ccccc3N2Cc2nc3ccccc3[nH]2)cc1. The van der Waals surface area contributed by atoms with E-state index in [1.54, 1.807) is 7.11 Å². The van der Waals surface area contributed by atoms with Crippen LogP contribution in [-0.4, -0.2) is 22.9 Å². The van der Waals surface area contributed by atoms with E-state index in [1.807, 2.05) is 48.5 Å². The second kappa shape index (κ2) is 8.55. The van der Waals surface area contributed by atoms with Crippen LogP contribution in [0, 0.1) is 5.41 Å². The second-order valence-corrected chi connectivity index (χ2v) is 10.5. The van der Waals surface area contributed by atoms with Gasteiger partial charge < -0.3 is 19.9 Å². The fourth-order valence-electron chi connectivity index (χ4n) is 5.60. The summed E-state index contributed by atoms with van der Waals surface area (Å²) in [4.78, 5) is 24.5. The molecule has 1 aromatic heterocycles. The Bertz CT molecular complexity index is 1450. The lowest BCUT2D eigenvalue weighted by molar-refractivity contribution is -0.118. The van der Waals surface area contributed by atoms with Gasteiger partial charge in [-0.1, -0.05) is 50.2 Å². The first kappa shape index (κ1) is 22.4. The molecule has 2 heterocycles. The van der Waals surface area contributed by atoms with Crippen molar-refractivity contribution in [3.63, 3.8) is 0 Å². The number of anilines is 2. The molecule has 0 bridgehead atoms. The lowest BCUT2D eigenvalue weighted by Gasteiger charge is -2.38. The highest BCUT2D eigenvalue weighted by atomic mass is 16.5. The first-order valence-corrected chi connectivity index (χ1v) is 12.4. The van der Waals surface area contributed by atoms with Gasteiger partial charge in [0.25, 0.3) is 0 Å². The number of fused-ring (bicyclic) bond motifs is 2. The first-order chi connectivity index (χ1) is 17.4. The fourth-order valence-corrected chi connectivity index (χ4v) is 5.60. The molecule has 0 fully saturated rings. The van der Waals surface area contributed by atoms with E-state index in [1.165, 1.54) is 0 Å². The summed E-state index contributed by atoms with van der Waals surface area (Å²) in [7, 11) is 1.67. The Morgan fingerprint density at radius 3 is 2.53 bits per heavy atom. The molecule has 182 valence electrons. The summed E-state index contributed by atoms with van der Waals surface area (Å²) in [5.74, 6) is 1.84. The molecule has 2 aliphatic rings. The Morgan fingerprint density at radius 2 is 1.75 bits per heavy atom. The van der Waals surface area contributed by atoms with Crippen LogP contribution in [0.5, 0.6) is 5.75 Å². The smallest absolute Gasteiger partial charge is 0.163 e. The van der Waals surface area contributed by atoms with Crippen molar-refractivity contribution in [3.8, 4) is 5.75 Å². The van der Waals surface area contributed by atoms with E-state index < -0.39 is 0 Å².